The minimum absolute atomic E-state index is 0.901. The van der Waals surface area contributed by atoms with E-state index in [2.05, 4.69) is 33.8 Å². The maximum atomic E-state index is 2.52. The molecule has 0 heterocycles. The van der Waals surface area contributed by atoms with E-state index in [0.29, 0.717) is 0 Å². The van der Waals surface area contributed by atoms with Gasteiger partial charge in [-0.25, -0.2) is 0 Å². The molecule has 0 spiro atoms. The summed E-state index contributed by atoms with van der Waals surface area (Å²) in [7, 11) is 0. The molecule has 18 heavy (non-hydrogen) atoms. The van der Waals surface area contributed by atoms with Gasteiger partial charge in [-0.2, -0.15) is 0 Å². The lowest BCUT2D eigenvalue weighted by Gasteiger charge is -2.31. The molecule has 0 aromatic rings. The standard InChI is InChI=1S/C18H32/c1-13(2)18-7-5-6-17(18)12-15(4)16-10-8-14(3)9-11-16/h8,13,15-18H,5-7,9-12H2,1-4H3. The van der Waals surface area contributed by atoms with Gasteiger partial charge in [-0.3, -0.25) is 0 Å². The van der Waals surface area contributed by atoms with E-state index in [1.54, 1.807) is 5.57 Å². The second-order valence-corrected chi connectivity index (χ2v) is 7.40. The number of hydrogen-bond acceptors (Lipinski definition) is 0. The molecule has 0 bridgehead atoms. The van der Waals surface area contributed by atoms with Crippen molar-refractivity contribution < 1.29 is 0 Å². The van der Waals surface area contributed by atoms with E-state index in [1.165, 1.54) is 44.9 Å². The third kappa shape index (κ3) is 3.39. The largest absolute Gasteiger partial charge is 0.0853 e. The van der Waals surface area contributed by atoms with Gasteiger partial charge in [0.15, 0.2) is 0 Å². The van der Waals surface area contributed by atoms with Crippen LogP contribution in [0.15, 0.2) is 11.6 Å². The highest BCUT2D eigenvalue weighted by Crippen LogP contribution is 2.42. The lowest BCUT2D eigenvalue weighted by molar-refractivity contribution is 0.209. The topological polar surface area (TPSA) is 0 Å². The van der Waals surface area contributed by atoms with E-state index in [4.69, 9.17) is 0 Å². The Morgan fingerprint density at radius 2 is 1.94 bits per heavy atom. The van der Waals surface area contributed by atoms with Crippen LogP contribution in [0.2, 0.25) is 0 Å². The van der Waals surface area contributed by atoms with Crippen LogP contribution in [0.5, 0.6) is 0 Å². The van der Waals surface area contributed by atoms with Crippen molar-refractivity contribution in [2.24, 2.45) is 29.6 Å². The van der Waals surface area contributed by atoms with Gasteiger partial charge in [-0.1, -0.05) is 45.3 Å². The molecule has 1 saturated carbocycles. The van der Waals surface area contributed by atoms with Crippen molar-refractivity contribution in [3.8, 4) is 0 Å². The average molecular weight is 248 g/mol. The van der Waals surface area contributed by atoms with E-state index in [1.807, 2.05) is 0 Å². The van der Waals surface area contributed by atoms with Gasteiger partial charge in [0.2, 0.25) is 0 Å². The molecule has 0 N–H and O–H groups in total. The molecular formula is C18H32. The number of allylic oxidation sites excluding steroid dienone is 2. The summed E-state index contributed by atoms with van der Waals surface area (Å²) >= 11 is 0. The Morgan fingerprint density at radius 1 is 1.17 bits per heavy atom. The highest BCUT2D eigenvalue weighted by molar-refractivity contribution is 5.03. The van der Waals surface area contributed by atoms with Gasteiger partial charge in [-0.15, -0.1) is 0 Å². The maximum absolute atomic E-state index is 2.52. The fourth-order valence-electron chi connectivity index (χ4n) is 4.41. The van der Waals surface area contributed by atoms with Gasteiger partial charge in [0, 0.05) is 0 Å². The fraction of sp³-hybridized carbons (Fsp3) is 0.889. The van der Waals surface area contributed by atoms with Crippen LogP contribution in [0.3, 0.4) is 0 Å². The molecule has 0 radical (unpaired) electrons. The fourth-order valence-corrected chi connectivity index (χ4v) is 4.41. The minimum atomic E-state index is 0.901. The first kappa shape index (κ1) is 14.2. The minimum Gasteiger partial charge on any atom is -0.0853 e. The lowest BCUT2D eigenvalue weighted by atomic mass is 9.74. The molecule has 0 aromatic carbocycles. The average Bonchev–Trinajstić information content (AvgIpc) is 2.78. The van der Waals surface area contributed by atoms with Gasteiger partial charge in [0.1, 0.15) is 0 Å². The molecule has 2 aliphatic carbocycles. The highest BCUT2D eigenvalue weighted by atomic mass is 14.4. The van der Waals surface area contributed by atoms with Crippen molar-refractivity contribution >= 4 is 0 Å². The van der Waals surface area contributed by atoms with E-state index < -0.39 is 0 Å². The van der Waals surface area contributed by atoms with Crippen molar-refractivity contribution in [1.29, 1.82) is 0 Å². The summed E-state index contributed by atoms with van der Waals surface area (Å²) in [5.74, 6) is 4.87. The van der Waals surface area contributed by atoms with Crippen LogP contribution in [0.1, 0.15) is 72.6 Å². The van der Waals surface area contributed by atoms with E-state index in [0.717, 1.165) is 29.6 Å². The molecule has 1 fully saturated rings. The molecule has 4 unspecified atom stereocenters. The summed E-state index contributed by atoms with van der Waals surface area (Å²) in [6, 6.07) is 0. The maximum Gasteiger partial charge on any atom is -0.0317 e. The van der Waals surface area contributed by atoms with Crippen LogP contribution in [0.4, 0.5) is 0 Å². The van der Waals surface area contributed by atoms with Crippen molar-refractivity contribution in [1.82, 2.24) is 0 Å². The monoisotopic (exact) mass is 248 g/mol. The third-order valence-corrected chi connectivity index (χ3v) is 5.73. The molecule has 0 amide bonds. The second-order valence-electron chi connectivity index (χ2n) is 7.40. The van der Waals surface area contributed by atoms with Crippen LogP contribution in [-0.4, -0.2) is 0 Å². The number of hydrogen-bond donors (Lipinski definition) is 0. The van der Waals surface area contributed by atoms with E-state index >= 15 is 0 Å². The summed E-state index contributed by atoms with van der Waals surface area (Å²) in [6.45, 7) is 9.68. The highest BCUT2D eigenvalue weighted by Gasteiger charge is 2.32. The van der Waals surface area contributed by atoms with E-state index in [9.17, 15) is 0 Å². The summed E-state index contributed by atoms with van der Waals surface area (Å²) in [5.41, 5.74) is 1.62. The summed E-state index contributed by atoms with van der Waals surface area (Å²) in [6.07, 6.45) is 12.7. The van der Waals surface area contributed by atoms with Crippen LogP contribution in [0, 0.1) is 29.6 Å². The normalized spacial score (nSPS) is 34.7. The Morgan fingerprint density at radius 3 is 2.56 bits per heavy atom. The Labute approximate surface area is 114 Å². The Hall–Kier alpha value is -0.260. The molecule has 0 aromatic heterocycles. The zero-order chi connectivity index (χ0) is 13.1. The molecule has 4 atom stereocenters. The van der Waals surface area contributed by atoms with Crippen LogP contribution >= 0.6 is 0 Å². The molecule has 0 nitrogen and oxygen atoms in total. The molecule has 2 rings (SSSR count). The Balaban J connectivity index is 1.85. The van der Waals surface area contributed by atoms with Crippen LogP contribution in [0.25, 0.3) is 0 Å². The molecule has 0 saturated heterocycles. The van der Waals surface area contributed by atoms with Gasteiger partial charge < -0.3 is 0 Å². The summed E-state index contributed by atoms with van der Waals surface area (Å²) in [5, 5.41) is 0. The molecule has 0 heteroatoms. The zero-order valence-electron chi connectivity index (χ0n) is 12.9. The zero-order valence-corrected chi connectivity index (χ0v) is 12.9. The van der Waals surface area contributed by atoms with Crippen molar-refractivity contribution in [3.63, 3.8) is 0 Å². The quantitative estimate of drug-likeness (QED) is 0.549. The van der Waals surface area contributed by atoms with Crippen LogP contribution < -0.4 is 0 Å². The van der Waals surface area contributed by atoms with Crippen molar-refractivity contribution in [2.75, 3.05) is 0 Å². The van der Waals surface area contributed by atoms with Gasteiger partial charge >= 0.3 is 0 Å². The predicted molar refractivity (Wildman–Crippen MR) is 80.5 cm³/mol. The lowest BCUT2D eigenvalue weighted by Crippen LogP contribution is -2.21. The predicted octanol–water partition coefficient (Wildman–Crippen LogP) is 5.83. The Kier molecular flexibility index (Phi) is 4.92. The first-order valence-electron chi connectivity index (χ1n) is 8.23. The smallest absolute Gasteiger partial charge is 0.0317 e. The van der Waals surface area contributed by atoms with Crippen LogP contribution in [-0.2, 0) is 0 Å². The molecule has 104 valence electrons. The summed E-state index contributed by atoms with van der Waals surface area (Å²) in [4.78, 5) is 0. The molecule has 0 aliphatic heterocycles. The first-order valence-corrected chi connectivity index (χ1v) is 8.23. The SMILES string of the molecule is CC1=CCC(C(C)CC2CCCC2C(C)C)CC1. The van der Waals surface area contributed by atoms with Gasteiger partial charge in [-0.05, 0) is 68.6 Å². The molecular weight excluding hydrogens is 216 g/mol. The Bertz CT molecular complexity index is 286. The van der Waals surface area contributed by atoms with Gasteiger partial charge in [0.25, 0.3) is 0 Å². The second kappa shape index (κ2) is 6.26. The van der Waals surface area contributed by atoms with E-state index in [-0.39, 0.29) is 0 Å². The van der Waals surface area contributed by atoms with Crippen molar-refractivity contribution in [2.45, 2.75) is 72.6 Å². The number of rotatable bonds is 4. The van der Waals surface area contributed by atoms with Gasteiger partial charge in [0.05, 0.1) is 0 Å². The summed E-state index contributed by atoms with van der Waals surface area (Å²) < 4.78 is 0. The van der Waals surface area contributed by atoms with Crippen molar-refractivity contribution in [3.05, 3.63) is 11.6 Å². The third-order valence-electron chi connectivity index (χ3n) is 5.73. The first-order chi connectivity index (χ1) is 8.58. The molecule has 2 aliphatic rings.